The predicted octanol–water partition coefficient (Wildman–Crippen LogP) is 4.16. The van der Waals surface area contributed by atoms with Gasteiger partial charge in [-0.15, -0.1) is 0 Å². The first-order chi connectivity index (χ1) is 13.9. The summed E-state index contributed by atoms with van der Waals surface area (Å²) in [7, 11) is -3.84. The Hall–Kier alpha value is -1.80. The van der Waals surface area contributed by atoms with Crippen LogP contribution in [0.5, 0.6) is 0 Å². The van der Waals surface area contributed by atoms with Crippen molar-refractivity contribution in [2.75, 3.05) is 6.54 Å². The first-order valence-corrected chi connectivity index (χ1v) is 11.7. The second-order valence-corrected chi connectivity index (χ2v) is 11.3. The summed E-state index contributed by atoms with van der Waals surface area (Å²) in [4.78, 5) is 12.6. The molecule has 0 aliphatic heterocycles. The van der Waals surface area contributed by atoms with E-state index < -0.39 is 38.2 Å². The lowest BCUT2D eigenvalue weighted by molar-refractivity contribution is 0.0497. The van der Waals surface area contributed by atoms with Crippen molar-refractivity contribution in [1.29, 1.82) is 0 Å². The molecule has 1 saturated carbocycles. The summed E-state index contributed by atoms with van der Waals surface area (Å²) in [6.45, 7) is 5.10. The molecule has 0 saturated heterocycles. The van der Waals surface area contributed by atoms with Gasteiger partial charge in [0, 0.05) is 22.5 Å². The maximum Gasteiger partial charge on any atom is 0.408 e. The first kappa shape index (κ1) is 22.9. The summed E-state index contributed by atoms with van der Waals surface area (Å²) in [5, 5.41) is 2.73. The third-order valence-corrected chi connectivity index (χ3v) is 7.83. The van der Waals surface area contributed by atoms with Gasteiger partial charge in [-0.2, -0.15) is 0 Å². The minimum absolute atomic E-state index is 0.0863. The Kier molecular flexibility index (Phi) is 6.13. The van der Waals surface area contributed by atoms with Crippen LogP contribution in [-0.4, -0.2) is 37.4 Å². The van der Waals surface area contributed by atoms with Crippen LogP contribution in [0.3, 0.4) is 0 Å². The maximum absolute atomic E-state index is 13.5. The van der Waals surface area contributed by atoms with Crippen LogP contribution in [0.4, 0.5) is 4.79 Å². The highest BCUT2D eigenvalue weighted by Crippen LogP contribution is 2.57. The molecule has 9 heteroatoms. The summed E-state index contributed by atoms with van der Waals surface area (Å²) in [6.07, 6.45) is -0.722. The van der Waals surface area contributed by atoms with E-state index >= 15 is 0 Å². The smallest absolute Gasteiger partial charge is 0.408 e. The lowest BCUT2D eigenvalue weighted by Gasteiger charge is -2.24. The number of benzene rings is 2. The standard InChI is InChI=1S/C21H24Cl2N2O4S/c1-20(2,3)29-19(26)25-21(12-24)17(13-4-6-14(22)7-5-13)18(21)30(27,28)16-10-8-15(23)9-11-16/h4-11,17-18H,12,24H2,1-3H3,(H,25,26)/t17-,18-,21+/m0/s1. The Labute approximate surface area is 186 Å². The number of carbonyl (C=O) groups is 1. The number of nitrogens with one attached hydrogen (secondary N) is 1. The van der Waals surface area contributed by atoms with Gasteiger partial charge in [0.15, 0.2) is 9.84 Å². The molecule has 2 aromatic carbocycles. The van der Waals surface area contributed by atoms with Gasteiger partial charge in [0.05, 0.1) is 10.4 Å². The van der Waals surface area contributed by atoms with Crippen LogP contribution in [0.2, 0.25) is 10.0 Å². The number of rotatable bonds is 5. The van der Waals surface area contributed by atoms with E-state index in [-0.39, 0.29) is 11.4 Å². The first-order valence-electron chi connectivity index (χ1n) is 9.37. The minimum atomic E-state index is -3.84. The monoisotopic (exact) mass is 470 g/mol. The molecular weight excluding hydrogens is 447 g/mol. The van der Waals surface area contributed by atoms with Crippen molar-refractivity contribution in [1.82, 2.24) is 5.32 Å². The summed E-state index contributed by atoms with van der Waals surface area (Å²) in [5.74, 6) is -0.562. The number of amides is 1. The molecule has 0 radical (unpaired) electrons. The van der Waals surface area contributed by atoms with E-state index in [1.165, 1.54) is 24.3 Å². The van der Waals surface area contributed by atoms with E-state index in [1.54, 1.807) is 45.0 Å². The second-order valence-electron chi connectivity index (χ2n) is 8.32. The van der Waals surface area contributed by atoms with Gasteiger partial charge < -0.3 is 15.8 Å². The molecule has 1 fully saturated rings. The fourth-order valence-electron chi connectivity index (χ4n) is 3.71. The van der Waals surface area contributed by atoms with Crippen molar-refractivity contribution in [2.24, 2.45) is 5.73 Å². The van der Waals surface area contributed by atoms with Crippen molar-refractivity contribution in [3.63, 3.8) is 0 Å². The number of halogens is 2. The molecule has 2 aromatic rings. The van der Waals surface area contributed by atoms with E-state index in [1.807, 2.05) is 0 Å². The largest absolute Gasteiger partial charge is 0.444 e. The van der Waals surface area contributed by atoms with Crippen molar-refractivity contribution < 1.29 is 17.9 Å². The lowest BCUT2D eigenvalue weighted by Crippen LogP contribution is -2.49. The molecule has 0 bridgehead atoms. The van der Waals surface area contributed by atoms with E-state index in [4.69, 9.17) is 33.7 Å². The molecule has 0 aromatic heterocycles. The van der Waals surface area contributed by atoms with Gasteiger partial charge in [-0.3, -0.25) is 0 Å². The number of alkyl carbamates (subject to hydrolysis) is 1. The van der Waals surface area contributed by atoms with Crippen LogP contribution < -0.4 is 11.1 Å². The molecule has 1 aliphatic carbocycles. The van der Waals surface area contributed by atoms with Gasteiger partial charge in [0.2, 0.25) is 0 Å². The molecule has 162 valence electrons. The molecule has 0 heterocycles. The molecular formula is C21H24Cl2N2O4S. The number of ether oxygens (including phenoxy) is 1. The Morgan fingerprint density at radius 2 is 1.57 bits per heavy atom. The molecule has 0 spiro atoms. The fourth-order valence-corrected chi connectivity index (χ4v) is 6.31. The quantitative estimate of drug-likeness (QED) is 0.683. The van der Waals surface area contributed by atoms with Crippen molar-refractivity contribution in [2.45, 2.75) is 48.0 Å². The highest BCUT2D eigenvalue weighted by molar-refractivity contribution is 7.92. The normalized spacial score (nSPS) is 23.7. The van der Waals surface area contributed by atoms with E-state index in [0.717, 1.165) is 0 Å². The van der Waals surface area contributed by atoms with E-state index in [0.29, 0.717) is 15.6 Å². The van der Waals surface area contributed by atoms with E-state index in [9.17, 15) is 13.2 Å². The molecule has 3 N–H and O–H groups in total. The number of hydrogen-bond acceptors (Lipinski definition) is 5. The summed E-state index contributed by atoms with van der Waals surface area (Å²) in [6, 6.07) is 12.8. The fraction of sp³-hybridized carbons (Fsp3) is 0.381. The van der Waals surface area contributed by atoms with Gasteiger partial charge >= 0.3 is 6.09 Å². The number of hydrogen-bond donors (Lipinski definition) is 2. The minimum Gasteiger partial charge on any atom is -0.444 e. The highest BCUT2D eigenvalue weighted by atomic mass is 35.5. The Morgan fingerprint density at radius 3 is 2.03 bits per heavy atom. The Balaban J connectivity index is 2.03. The SMILES string of the molecule is CC(C)(C)OC(=O)N[C@]1(CN)[C@@H](c2ccc(Cl)cc2)[C@@H]1S(=O)(=O)c1ccc(Cl)cc1. The molecule has 0 unspecified atom stereocenters. The van der Waals surface area contributed by atoms with Crippen molar-refractivity contribution in [3.05, 3.63) is 64.1 Å². The molecule has 6 nitrogen and oxygen atoms in total. The Bertz CT molecular complexity index is 1030. The molecule has 3 atom stereocenters. The number of nitrogens with two attached hydrogens (primary N) is 1. The predicted molar refractivity (Wildman–Crippen MR) is 118 cm³/mol. The third-order valence-electron chi connectivity index (χ3n) is 5.03. The molecule has 30 heavy (non-hydrogen) atoms. The van der Waals surface area contributed by atoms with Gasteiger partial charge in [-0.1, -0.05) is 35.3 Å². The van der Waals surface area contributed by atoms with E-state index in [2.05, 4.69) is 5.32 Å². The van der Waals surface area contributed by atoms with Crippen LogP contribution in [0.15, 0.2) is 53.4 Å². The molecule has 1 amide bonds. The van der Waals surface area contributed by atoms with Gasteiger partial charge in [0.25, 0.3) is 0 Å². The highest BCUT2D eigenvalue weighted by Gasteiger charge is 2.71. The van der Waals surface area contributed by atoms with Crippen LogP contribution in [-0.2, 0) is 14.6 Å². The lowest BCUT2D eigenvalue weighted by atomic mass is 10.1. The van der Waals surface area contributed by atoms with Gasteiger partial charge in [0.1, 0.15) is 10.9 Å². The topological polar surface area (TPSA) is 98.5 Å². The Morgan fingerprint density at radius 1 is 1.07 bits per heavy atom. The van der Waals surface area contributed by atoms with Crippen LogP contribution >= 0.6 is 23.2 Å². The zero-order valence-corrected chi connectivity index (χ0v) is 19.2. The zero-order valence-electron chi connectivity index (χ0n) is 16.9. The molecule has 1 aliphatic rings. The average molecular weight is 471 g/mol. The van der Waals surface area contributed by atoms with Gasteiger partial charge in [-0.25, -0.2) is 13.2 Å². The average Bonchev–Trinajstić information content (AvgIpc) is 3.30. The number of sulfone groups is 1. The second kappa shape index (κ2) is 8.04. The van der Waals surface area contributed by atoms with Crippen LogP contribution in [0.25, 0.3) is 0 Å². The van der Waals surface area contributed by atoms with Gasteiger partial charge in [-0.05, 0) is 62.7 Å². The maximum atomic E-state index is 13.5. The zero-order chi connectivity index (χ0) is 22.3. The summed E-state index contributed by atoms with van der Waals surface area (Å²) >= 11 is 11.9. The summed E-state index contributed by atoms with van der Waals surface area (Å²) in [5.41, 5.74) is 4.80. The van der Waals surface area contributed by atoms with Crippen LogP contribution in [0.1, 0.15) is 32.3 Å². The van der Waals surface area contributed by atoms with Crippen molar-refractivity contribution >= 4 is 39.1 Å². The number of carbonyl (C=O) groups excluding carboxylic acids is 1. The third kappa shape index (κ3) is 4.44. The summed E-state index contributed by atoms with van der Waals surface area (Å²) < 4.78 is 32.3. The molecule has 3 rings (SSSR count). The van der Waals surface area contributed by atoms with Crippen LogP contribution in [0, 0.1) is 0 Å². The van der Waals surface area contributed by atoms with Crippen molar-refractivity contribution in [3.8, 4) is 0 Å².